The van der Waals surface area contributed by atoms with E-state index in [0.717, 1.165) is 24.0 Å². The van der Waals surface area contributed by atoms with E-state index < -0.39 is 0 Å². The molecule has 2 aromatic heterocycles. The molecule has 10 heteroatoms. The number of aliphatic hydroxyl groups excluding tert-OH is 1. The second-order valence-electron chi connectivity index (χ2n) is 10.6. The Morgan fingerprint density at radius 3 is 2.59 bits per heavy atom. The summed E-state index contributed by atoms with van der Waals surface area (Å²) in [4.78, 5) is 21.4. The molecule has 2 fully saturated rings. The van der Waals surface area contributed by atoms with E-state index in [1.165, 1.54) is 0 Å². The predicted molar refractivity (Wildman–Crippen MR) is 167 cm³/mol. The Hall–Kier alpha value is -4.43. The van der Waals surface area contributed by atoms with E-state index in [1.54, 1.807) is 30.3 Å². The number of furan rings is 1. The normalized spacial score (nSPS) is 17.2. The number of aliphatic hydroxyl groups is 1. The molecule has 2 saturated heterocycles. The number of fused-ring (bicyclic) bond motifs is 1. The number of hydrogen-bond donors (Lipinski definition) is 1. The van der Waals surface area contributed by atoms with Crippen LogP contribution in [-0.4, -0.2) is 85.1 Å². The van der Waals surface area contributed by atoms with Crippen LogP contribution in [-0.2, 0) is 4.74 Å². The third-order valence-electron chi connectivity index (χ3n) is 7.95. The number of nitriles is 1. The van der Waals surface area contributed by atoms with Crippen molar-refractivity contribution in [2.75, 3.05) is 47.2 Å². The van der Waals surface area contributed by atoms with Crippen LogP contribution >= 0.6 is 0 Å². The molecule has 2 aromatic carbocycles. The van der Waals surface area contributed by atoms with Gasteiger partial charge < -0.3 is 28.6 Å². The molecule has 4 heterocycles. The molecule has 44 heavy (non-hydrogen) atoms. The molecule has 1 amide bonds. The zero-order valence-corrected chi connectivity index (χ0v) is 25.6. The second kappa shape index (κ2) is 13.9. The molecular formula is C34H38N4O6. The number of amides is 1. The molecule has 6 rings (SSSR count). The summed E-state index contributed by atoms with van der Waals surface area (Å²) in [6.45, 7) is 6.22. The van der Waals surface area contributed by atoms with Crippen LogP contribution < -0.4 is 9.47 Å². The molecule has 1 atom stereocenters. The van der Waals surface area contributed by atoms with Gasteiger partial charge in [0.05, 0.1) is 50.8 Å². The molecule has 0 spiro atoms. The molecule has 0 aliphatic carbocycles. The van der Waals surface area contributed by atoms with Crippen LogP contribution in [0.25, 0.3) is 33.6 Å². The number of carbonyl (C=O) groups is 1. The number of ether oxygens (including phenoxy) is 3. The summed E-state index contributed by atoms with van der Waals surface area (Å²) in [6.07, 6.45) is 3.33. The summed E-state index contributed by atoms with van der Waals surface area (Å²) < 4.78 is 23.6. The number of aromatic nitrogens is 1. The minimum Gasteiger partial charge on any atom is -0.496 e. The summed E-state index contributed by atoms with van der Waals surface area (Å²) in [5, 5.41) is 19.4. The third kappa shape index (κ3) is 6.26. The van der Waals surface area contributed by atoms with Gasteiger partial charge in [0, 0.05) is 42.8 Å². The van der Waals surface area contributed by atoms with Gasteiger partial charge in [0.15, 0.2) is 5.58 Å². The van der Waals surface area contributed by atoms with Gasteiger partial charge in [-0.05, 0) is 49.0 Å². The molecular weight excluding hydrogens is 560 g/mol. The van der Waals surface area contributed by atoms with Crippen LogP contribution in [0.2, 0.25) is 0 Å². The smallest absolute Gasteiger partial charge is 0.255 e. The lowest BCUT2D eigenvalue weighted by atomic mass is 10.0. The number of carbonyl (C=O) groups excluding carboxylic acids is 1. The van der Waals surface area contributed by atoms with E-state index in [1.807, 2.05) is 62.2 Å². The number of hydrogen-bond acceptors (Lipinski definition) is 9. The molecule has 0 radical (unpaired) electrons. The van der Waals surface area contributed by atoms with E-state index in [9.17, 15) is 15.2 Å². The molecule has 0 saturated carbocycles. The Labute approximate surface area is 257 Å². The number of pyridine rings is 1. The molecule has 2 aliphatic heterocycles. The van der Waals surface area contributed by atoms with Crippen molar-refractivity contribution in [3.05, 3.63) is 65.9 Å². The van der Waals surface area contributed by atoms with Gasteiger partial charge in [0.25, 0.3) is 5.91 Å². The highest BCUT2D eigenvalue weighted by molar-refractivity contribution is 5.97. The Bertz CT molecular complexity index is 1660. The van der Waals surface area contributed by atoms with Gasteiger partial charge in [-0.1, -0.05) is 19.9 Å². The van der Waals surface area contributed by atoms with Crippen LogP contribution in [0, 0.1) is 11.3 Å². The standard InChI is InChI=1S/C32H32N4O6.C2H6/c1-35-19-36(17-23(35)18-37)32(38)21-3-5-26(29(14-21)39-2)30-15-27-31(42-30)25(7-10-34-27)20-4-6-28(22(13-20)16-33)41-24-8-11-40-12-9-24;1-2/h3-7,10,13-15,23-24,37H,8-9,11-12,17-19H2,1-2H3;1-2H3. The monoisotopic (exact) mass is 598 g/mol. The SMILES string of the molecule is CC.COc1cc(C(=O)N2CC(CO)N(C)C2)ccc1-c1cc2nccc(-c3ccc(OC4CCOCC4)c(C#N)c3)c2o1. The van der Waals surface area contributed by atoms with Gasteiger partial charge in [0.2, 0.25) is 0 Å². The largest absolute Gasteiger partial charge is 0.496 e. The van der Waals surface area contributed by atoms with Crippen LogP contribution in [0.15, 0.2) is 59.1 Å². The minimum atomic E-state index is -0.131. The van der Waals surface area contributed by atoms with Crippen molar-refractivity contribution in [3.8, 4) is 40.0 Å². The van der Waals surface area contributed by atoms with Crippen LogP contribution in [0.3, 0.4) is 0 Å². The predicted octanol–water partition coefficient (Wildman–Crippen LogP) is 5.33. The Kier molecular flexibility index (Phi) is 9.80. The first-order valence-electron chi connectivity index (χ1n) is 14.9. The summed E-state index contributed by atoms with van der Waals surface area (Å²) in [5.41, 5.74) is 4.46. The van der Waals surface area contributed by atoms with E-state index in [-0.39, 0.29) is 24.7 Å². The van der Waals surface area contributed by atoms with Crippen LogP contribution in [0.4, 0.5) is 0 Å². The first kappa shape index (κ1) is 31.0. The summed E-state index contributed by atoms with van der Waals surface area (Å²) in [6, 6.07) is 16.7. The van der Waals surface area contributed by atoms with E-state index in [2.05, 4.69) is 11.1 Å². The maximum Gasteiger partial charge on any atom is 0.255 e. The molecule has 1 N–H and O–H groups in total. The highest BCUT2D eigenvalue weighted by atomic mass is 16.5. The number of methoxy groups -OCH3 is 1. The maximum absolute atomic E-state index is 13.2. The van der Waals surface area contributed by atoms with Gasteiger partial charge >= 0.3 is 0 Å². The topological polar surface area (TPSA) is 121 Å². The van der Waals surface area contributed by atoms with Crippen molar-refractivity contribution in [1.29, 1.82) is 5.26 Å². The van der Waals surface area contributed by atoms with Gasteiger partial charge in [-0.25, -0.2) is 0 Å². The van der Waals surface area contributed by atoms with E-state index in [0.29, 0.717) is 71.5 Å². The Morgan fingerprint density at radius 2 is 1.89 bits per heavy atom. The zero-order chi connectivity index (χ0) is 31.2. The van der Waals surface area contributed by atoms with Crippen LogP contribution in [0.1, 0.15) is 42.6 Å². The number of nitrogens with zero attached hydrogens (tertiary/aromatic N) is 4. The number of rotatable bonds is 7. The number of benzene rings is 2. The fourth-order valence-electron chi connectivity index (χ4n) is 5.55. The quantitative estimate of drug-likeness (QED) is 0.301. The highest BCUT2D eigenvalue weighted by Gasteiger charge is 2.31. The molecule has 230 valence electrons. The van der Waals surface area contributed by atoms with E-state index in [4.69, 9.17) is 18.6 Å². The Morgan fingerprint density at radius 1 is 1.09 bits per heavy atom. The van der Waals surface area contributed by atoms with E-state index >= 15 is 0 Å². The fourth-order valence-corrected chi connectivity index (χ4v) is 5.55. The lowest BCUT2D eigenvalue weighted by Gasteiger charge is -2.23. The van der Waals surface area contributed by atoms with Gasteiger partial charge in [0.1, 0.15) is 34.9 Å². The molecule has 1 unspecified atom stereocenters. The van der Waals surface area contributed by atoms with Gasteiger partial charge in [-0.15, -0.1) is 0 Å². The summed E-state index contributed by atoms with van der Waals surface area (Å²) in [7, 11) is 3.44. The first-order chi connectivity index (χ1) is 21.5. The van der Waals surface area contributed by atoms with Crippen molar-refractivity contribution in [2.45, 2.75) is 38.8 Å². The average Bonchev–Trinajstić information content (AvgIpc) is 3.69. The fraction of sp³-hybridized carbons (Fsp3) is 0.382. The molecule has 4 aromatic rings. The van der Waals surface area contributed by atoms with Gasteiger partial charge in [-0.3, -0.25) is 14.7 Å². The first-order valence-corrected chi connectivity index (χ1v) is 14.9. The van der Waals surface area contributed by atoms with Crippen molar-refractivity contribution < 1.29 is 28.5 Å². The number of likely N-dealkylation sites (N-methyl/N-ethyl adjacent to an activating group) is 1. The summed E-state index contributed by atoms with van der Waals surface area (Å²) >= 11 is 0. The lowest BCUT2D eigenvalue weighted by molar-refractivity contribution is 0.0254. The minimum absolute atomic E-state index is 0.00331. The van der Waals surface area contributed by atoms with Crippen LogP contribution in [0.5, 0.6) is 11.5 Å². The van der Waals surface area contributed by atoms with Crippen molar-refractivity contribution in [2.24, 2.45) is 0 Å². The maximum atomic E-state index is 13.2. The lowest BCUT2D eigenvalue weighted by Crippen LogP contribution is -2.30. The molecule has 0 bridgehead atoms. The Balaban J connectivity index is 0.00000188. The van der Waals surface area contributed by atoms with Gasteiger partial charge in [-0.2, -0.15) is 5.26 Å². The van der Waals surface area contributed by atoms with Crippen molar-refractivity contribution >= 4 is 17.0 Å². The molecule has 10 nitrogen and oxygen atoms in total. The highest BCUT2D eigenvalue weighted by Crippen LogP contribution is 2.38. The zero-order valence-electron chi connectivity index (χ0n) is 25.6. The average molecular weight is 599 g/mol. The third-order valence-corrected chi connectivity index (χ3v) is 7.95. The second-order valence-corrected chi connectivity index (χ2v) is 10.6. The van der Waals surface area contributed by atoms with Crippen molar-refractivity contribution in [3.63, 3.8) is 0 Å². The van der Waals surface area contributed by atoms with Crippen molar-refractivity contribution in [1.82, 2.24) is 14.8 Å². The summed E-state index contributed by atoms with van der Waals surface area (Å²) in [5.74, 6) is 1.47. The molecule has 2 aliphatic rings.